The van der Waals surface area contributed by atoms with Crippen LogP contribution in [-0.4, -0.2) is 22.5 Å². The first-order chi connectivity index (χ1) is 6.55. The van der Waals surface area contributed by atoms with Gasteiger partial charge in [-0.25, -0.2) is 9.18 Å². The molecule has 1 aliphatic rings. The second kappa shape index (κ2) is 2.64. The summed E-state index contributed by atoms with van der Waals surface area (Å²) in [6, 6.07) is 6.25. The first kappa shape index (κ1) is 8.87. The molecule has 0 amide bonds. The number of aliphatic carboxylic acids is 1. The van der Waals surface area contributed by atoms with E-state index in [0.717, 1.165) is 0 Å². The van der Waals surface area contributed by atoms with Gasteiger partial charge in [0.2, 0.25) is 5.78 Å². The molecule has 1 unspecified atom stereocenters. The Bertz CT molecular complexity index is 427. The fraction of sp³-hybridized carbons (Fsp3) is 0.200. The Morgan fingerprint density at radius 1 is 1.43 bits per heavy atom. The van der Waals surface area contributed by atoms with E-state index < -0.39 is 17.4 Å². The molecule has 14 heavy (non-hydrogen) atoms. The summed E-state index contributed by atoms with van der Waals surface area (Å²) in [6.07, 6.45) is -0.364. The van der Waals surface area contributed by atoms with Crippen molar-refractivity contribution in [1.82, 2.24) is 0 Å². The van der Waals surface area contributed by atoms with Crippen LogP contribution in [0.4, 0.5) is 4.39 Å². The number of rotatable bonds is 1. The number of alkyl halides is 1. The number of carbonyl (C=O) groups excluding carboxylic acids is 1. The highest BCUT2D eigenvalue weighted by atomic mass is 19.1. The smallest absolute Gasteiger partial charge is 0.350 e. The summed E-state index contributed by atoms with van der Waals surface area (Å²) in [6.45, 7) is 0. The molecule has 1 aliphatic carbocycles. The van der Waals surface area contributed by atoms with Gasteiger partial charge in [-0.2, -0.15) is 0 Å². The van der Waals surface area contributed by atoms with Crippen LogP contribution in [0.15, 0.2) is 24.3 Å². The monoisotopic (exact) mass is 194 g/mol. The molecule has 0 bridgehead atoms. The van der Waals surface area contributed by atoms with Gasteiger partial charge in [0.1, 0.15) is 0 Å². The van der Waals surface area contributed by atoms with Crippen LogP contribution >= 0.6 is 0 Å². The van der Waals surface area contributed by atoms with Crippen LogP contribution < -0.4 is 0 Å². The van der Waals surface area contributed by atoms with Crippen molar-refractivity contribution in [3.8, 4) is 0 Å². The molecule has 4 heteroatoms. The molecule has 0 radical (unpaired) electrons. The molecule has 72 valence electrons. The van der Waals surface area contributed by atoms with Gasteiger partial charge >= 0.3 is 5.97 Å². The maximum Gasteiger partial charge on any atom is 0.350 e. The van der Waals surface area contributed by atoms with Crippen molar-refractivity contribution >= 4 is 11.8 Å². The Morgan fingerprint density at radius 2 is 2.07 bits per heavy atom. The molecule has 0 saturated carbocycles. The molecular formula is C10H7FO3. The summed E-state index contributed by atoms with van der Waals surface area (Å²) in [5.74, 6) is -2.65. The average Bonchev–Trinajstić information content (AvgIpc) is 2.42. The van der Waals surface area contributed by atoms with Crippen molar-refractivity contribution in [2.45, 2.75) is 12.1 Å². The van der Waals surface area contributed by atoms with Gasteiger partial charge in [-0.3, -0.25) is 4.79 Å². The standard InChI is InChI=1S/C10H7FO3/c11-10(9(13)14)5-6-3-1-2-4-7(6)8(10)12/h1-4H,5H2,(H,13,14). The zero-order chi connectivity index (χ0) is 10.3. The fourth-order valence-electron chi connectivity index (χ4n) is 1.62. The normalized spacial score (nSPS) is 24.8. The Kier molecular flexibility index (Phi) is 1.67. The zero-order valence-electron chi connectivity index (χ0n) is 7.16. The fourth-order valence-corrected chi connectivity index (χ4v) is 1.62. The predicted octanol–water partition coefficient (Wildman–Crippen LogP) is 1.22. The van der Waals surface area contributed by atoms with E-state index in [0.29, 0.717) is 5.56 Å². The first-order valence-electron chi connectivity index (χ1n) is 4.11. The first-order valence-corrected chi connectivity index (χ1v) is 4.11. The predicted molar refractivity (Wildman–Crippen MR) is 46.0 cm³/mol. The lowest BCUT2D eigenvalue weighted by Gasteiger charge is -2.09. The number of carboxylic acids is 1. The molecule has 0 spiro atoms. The number of carboxylic acid groups (broad SMARTS) is 1. The minimum Gasteiger partial charge on any atom is -0.479 e. The van der Waals surface area contributed by atoms with E-state index in [4.69, 9.17) is 5.11 Å². The summed E-state index contributed by atoms with van der Waals surface area (Å²) >= 11 is 0. The highest BCUT2D eigenvalue weighted by Crippen LogP contribution is 2.33. The maximum absolute atomic E-state index is 13.7. The highest BCUT2D eigenvalue weighted by molar-refractivity contribution is 6.18. The molecular weight excluding hydrogens is 187 g/mol. The molecule has 3 nitrogen and oxygen atoms in total. The van der Waals surface area contributed by atoms with Crippen molar-refractivity contribution in [1.29, 1.82) is 0 Å². The van der Waals surface area contributed by atoms with Crippen LogP contribution in [0.1, 0.15) is 15.9 Å². The van der Waals surface area contributed by atoms with Gasteiger partial charge in [-0.1, -0.05) is 24.3 Å². The Morgan fingerprint density at radius 3 is 2.64 bits per heavy atom. The Balaban J connectivity index is 2.54. The van der Waals surface area contributed by atoms with Crippen molar-refractivity contribution in [2.24, 2.45) is 0 Å². The van der Waals surface area contributed by atoms with E-state index in [1.54, 1.807) is 18.2 Å². The summed E-state index contributed by atoms with van der Waals surface area (Å²) in [7, 11) is 0. The SMILES string of the molecule is O=C(O)C1(F)Cc2ccccc2C1=O. The van der Waals surface area contributed by atoms with E-state index in [1.165, 1.54) is 6.07 Å². The number of benzene rings is 1. The third-order valence-electron chi connectivity index (χ3n) is 2.39. The Hall–Kier alpha value is -1.71. The number of Topliss-reactive ketones (excluding diaryl/α,β-unsaturated/α-hetero) is 1. The van der Waals surface area contributed by atoms with E-state index in [2.05, 4.69) is 0 Å². The number of hydrogen-bond acceptors (Lipinski definition) is 2. The van der Waals surface area contributed by atoms with Gasteiger partial charge in [0, 0.05) is 12.0 Å². The number of carbonyl (C=O) groups is 2. The van der Waals surface area contributed by atoms with E-state index in [9.17, 15) is 14.0 Å². The van der Waals surface area contributed by atoms with Crippen molar-refractivity contribution < 1.29 is 19.1 Å². The lowest BCUT2D eigenvalue weighted by Crippen LogP contribution is -2.39. The number of halogens is 1. The molecule has 2 rings (SSSR count). The van der Waals surface area contributed by atoms with Crippen molar-refractivity contribution in [3.63, 3.8) is 0 Å². The summed E-state index contributed by atoms with van der Waals surface area (Å²) in [5, 5.41) is 8.62. The minimum atomic E-state index is -2.76. The van der Waals surface area contributed by atoms with Crippen LogP contribution in [0.25, 0.3) is 0 Å². The van der Waals surface area contributed by atoms with Crippen molar-refractivity contribution in [2.75, 3.05) is 0 Å². The zero-order valence-corrected chi connectivity index (χ0v) is 7.16. The van der Waals surface area contributed by atoms with Gasteiger partial charge in [-0.05, 0) is 5.56 Å². The van der Waals surface area contributed by atoms with Crippen LogP contribution in [0.3, 0.4) is 0 Å². The summed E-state index contributed by atoms with van der Waals surface area (Å²) in [4.78, 5) is 22.0. The van der Waals surface area contributed by atoms with Crippen LogP contribution in [0, 0.1) is 0 Å². The van der Waals surface area contributed by atoms with E-state index in [1.807, 2.05) is 0 Å². The molecule has 0 heterocycles. The number of hydrogen-bond donors (Lipinski definition) is 1. The second-order valence-corrected chi connectivity index (χ2v) is 3.27. The van der Waals surface area contributed by atoms with Gasteiger partial charge in [0.25, 0.3) is 5.67 Å². The van der Waals surface area contributed by atoms with Gasteiger partial charge in [0.15, 0.2) is 0 Å². The lowest BCUT2D eigenvalue weighted by atomic mass is 10.0. The highest BCUT2D eigenvalue weighted by Gasteiger charge is 2.52. The third kappa shape index (κ3) is 0.968. The molecule has 1 atom stereocenters. The third-order valence-corrected chi connectivity index (χ3v) is 2.39. The van der Waals surface area contributed by atoms with Gasteiger partial charge in [-0.15, -0.1) is 0 Å². The van der Waals surface area contributed by atoms with E-state index in [-0.39, 0.29) is 12.0 Å². The molecule has 1 N–H and O–H groups in total. The number of ketones is 1. The molecule has 0 aromatic heterocycles. The molecule has 1 aromatic rings. The second-order valence-electron chi connectivity index (χ2n) is 3.27. The molecule has 0 saturated heterocycles. The van der Waals surface area contributed by atoms with Crippen molar-refractivity contribution in [3.05, 3.63) is 35.4 Å². The molecule has 1 aromatic carbocycles. The topological polar surface area (TPSA) is 54.4 Å². The molecule has 0 aliphatic heterocycles. The lowest BCUT2D eigenvalue weighted by molar-refractivity contribution is -0.147. The summed E-state index contributed by atoms with van der Waals surface area (Å²) in [5.41, 5.74) is -2.12. The van der Waals surface area contributed by atoms with Crippen LogP contribution in [0.5, 0.6) is 0 Å². The Labute approximate surface area is 79.2 Å². The van der Waals surface area contributed by atoms with Gasteiger partial charge < -0.3 is 5.11 Å². The maximum atomic E-state index is 13.7. The average molecular weight is 194 g/mol. The van der Waals surface area contributed by atoms with E-state index >= 15 is 0 Å². The molecule has 0 fully saturated rings. The van der Waals surface area contributed by atoms with Gasteiger partial charge in [0.05, 0.1) is 0 Å². The number of fused-ring (bicyclic) bond motifs is 1. The quantitative estimate of drug-likeness (QED) is 0.684. The minimum absolute atomic E-state index is 0.178. The summed E-state index contributed by atoms with van der Waals surface area (Å²) < 4.78 is 13.7. The van der Waals surface area contributed by atoms with Crippen LogP contribution in [-0.2, 0) is 11.2 Å². The largest absolute Gasteiger partial charge is 0.479 e. The van der Waals surface area contributed by atoms with Crippen LogP contribution in [0.2, 0.25) is 0 Å².